The van der Waals surface area contributed by atoms with Crippen LogP contribution in [-0.2, 0) is 24.2 Å². The maximum Gasteiger partial charge on any atom is 0.239 e. The number of hydrogen-bond donors (Lipinski definition) is 0. The van der Waals surface area contributed by atoms with Crippen LogP contribution in [-0.4, -0.2) is 37.0 Å². The van der Waals surface area contributed by atoms with Gasteiger partial charge in [0.1, 0.15) is 5.78 Å². The van der Waals surface area contributed by atoms with Crippen molar-refractivity contribution in [2.24, 2.45) is 17.8 Å². The lowest BCUT2D eigenvalue weighted by Crippen LogP contribution is -2.57. The average molecular weight is 412 g/mol. The highest BCUT2D eigenvalue weighted by molar-refractivity contribution is 9.10. The number of carbonyl (C=O) groups excluding carboxylic acids is 3. The topological polar surface area (TPSA) is 88.6 Å². The first kappa shape index (κ1) is 16.0. The van der Waals surface area contributed by atoms with Crippen molar-refractivity contribution >= 4 is 49.1 Å². The van der Waals surface area contributed by atoms with E-state index >= 15 is 0 Å². The minimum absolute atomic E-state index is 0.152. The molecule has 0 aromatic heterocycles. The van der Waals surface area contributed by atoms with Gasteiger partial charge in [0.2, 0.25) is 11.8 Å². The van der Waals surface area contributed by atoms with Crippen LogP contribution in [0.1, 0.15) is 12.0 Å². The van der Waals surface area contributed by atoms with E-state index in [0.29, 0.717) is 5.69 Å². The normalized spacial score (nSPS) is 33.9. The van der Waals surface area contributed by atoms with E-state index in [4.69, 9.17) is 0 Å². The van der Waals surface area contributed by atoms with Crippen molar-refractivity contribution in [3.8, 4) is 0 Å². The molecule has 0 spiro atoms. The number of anilines is 1. The highest BCUT2D eigenvalue weighted by atomic mass is 79.9. The van der Waals surface area contributed by atoms with E-state index < -0.39 is 44.7 Å². The Morgan fingerprint density at radius 1 is 1.12 bits per heavy atom. The van der Waals surface area contributed by atoms with Gasteiger partial charge in [-0.2, -0.15) is 0 Å². The van der Waals surface area contributed by atoms with E-state index in [1.165, 1.54) is 0 Å². The summed E-state index contributed by atoms with van der Waals surface area (Å²) >= 11 is 3.37. The Bertz CT molecular complexity index is 909. The number of carbonyl (C=O) groups is 3. The van der Waals surface area contributed by atoms with Crippen molar-refractivity contribution in [1.82, 2.24) is 0 Å². The molecule has 1 aliphatic carbocycles. The second-order valence-electron chi connectivity index (χ2n) is 6.64. The first-order valence-corrected chi connectivity index (χ1v) is 10.1. The molecule has 24 heavy (non-hydrogen) atoms. The van der Waals surface area contributed by atoms with Gasteiger partial charge in [-0.05, 0) is 30.7 Å². The fourth-order valence-corrected chi connectivity index (χ4v) is 6.69. The lowest BCUT2D eigenvalue weighted by Gasteiger charge is -2.40. The Balaban J connectivity index is 1.82. The highest BCUT2D eigenvalue weighted by Gasteiger charge is 2.65. The third-order valence-electron chi connectivity index (χ3n) is 5.32. The number of imide groups is 1. The molecule has 4 aliphatic rings. The van der Waals surface area contributed by atoms with Crippen molar-refractivity contribution in [2.45, 2.75) is 18.6 Å². The molecular weight excluding hydrogens is 398 g/mol. The zero-order chi connectivity index (χ0) is 17.4. The van der Waals surface area contributed by atoms with Crippen LogP contribution in [0.4, 0.5) is 5.69 Å². The van der Waals surface area contributed by atoms with E-state index in [0.717, 1.165) is 14.9 Å². The molecule has 2 bridgehead atoms. The SMILES string of the molecule is Cc1cc(N2C(=O)C3C4CS(=O)(=O)C(CC4=O)C3C2=O)ccc1Br. The Labute approximate surface area is 147 Å². The summed E-state index contributed by atoms with van der Waals surface area (Å²) in [4.78, 5) is 38.9. The van der Waals surface area contributed by atoms with E-state index in [2.05, 4.69) is 15.9 Å². The van der Waals surface area contributed by atoms with Crippen molar-refractivity contribution in [2.75, 3.05) is 10.7 Å². The summed E-state index contributed by atoms with van der Waals surface area (Å²) in [6, 6.07) is 5.08. The second-order valence-corrected chi connectivity index (χ2v) is 9.76. The van der Waals surface area contributed by atoms with Gasteiger partial charge >= 0.3 is 0 Å². The van der Waals surface area contributed by atoms with Gasteiger partial charge in [0, 0.05) is 16.8 Å². The third kappa shape index (κ3) is 1.99. The monoisotopic (exact) mass is 411 g/mol. The fourth-order valence-electron chi connectivity index (χ4n) is 4.15. The first-order chi connectivity index (χ1) is 11.2. The number of halogens is 1. The molecular formula is C16H14BrNO5S. The van der Waals surface area contributed by atoms with Crippen LogP contribution >= 0.6 is 15.9 Å². The van der Waals surface area contributed by atoms with Crippen LogP contribution < -0.4 is 4.90 Å². The van der Waals surface area contributed by atoms with Gasteiger partial charge in [0.05, 0.1) is 28.5 Å². The summed E-state index contributed by atoms with van der Waals surface area (Å²) < 4.78 is 25.4. The molecule has 0 radical (unpaired) electrons. The summed E-state index contributed by atoms with van der Waals surface area (Å²) in [5.41, 5.74) is 1.28. The number of hydrogen-bond acceptors (Lipinski definition) is 5. The van der Waals surface area contributed by atoms with E-state index in [1.54, 1.807) is 18.2 Å². The number of ketones is 1. The van der Waals surface area contributed by atoms with E-state index in [9.17, 15) is 22.8 Å². The maximum atomic E-state index is 12.8. The first-order valence-electron chi connectivity index (χ1n) is 7.60. The summed E-state index contributed by atoms with van der Waals surface area (Å²) in [5, 5.41) is -1.06. The summed E-state index contributed by atoms with van der Waals surface area (Å²) in [5.74, 6) is -4.14. The van der Waals surface area contributed by atoms with Gasteiger partial charge in [0.15, 0.2) is 9.84 Å². The van der Waals surface area contributed by atoms with E-state index in [-0.39, 0.29) is 18.0 Å². The molecule has 126 valence electrons. The van der Waals surface area contributed by atoms with Crippen molar-refractivity contribution in [3.63, 3.8) is 0 Å². The van der Waals surface area contributed by atoms with Crippen LogP contribution in [0.5, 0.6) is 0 Å². The Kier molecular flexibility index (Phi) is 3.31. The number of aryl methyl sites for hydroxylation is 1. The molecule has 0 N–H and O–H groups in total. The molecule has 3 heterocycles. The average Bonchev–Trinajstić information content (AvgIpc) is 2.76. The smallest absolute Gasteiger partial charge is 0.239 e. The lowest BCUT2D eigenvalue weighted by atomic mass is 9.72. The van der Waals surface area contributed by atoms with Crippen LogP contribution in [0.25, 0.3) is 0 Å². The van der Waals surface area contributed by atoms with Crippen molar-refractivity contribution in [1.29, 1.82) is 0 Å². The van der Waals surface area contributed by atoms with Crippen LogP contribution in [0, 0.1) is 24.7 Å². The summed E-state index contributed by atoms with van der Waals surface area (Å²) in [6.45, 7) is 1.84. The number of rotatable bonds is 1. The molecule has 1 aromatic carbocycles. The van der Waals surface area contributed by atoms with Crippen LogP contribution in [0.3, 0.4) is 0 Å². The Hall–Kier alpha value is -1.54. The molecule has 5 rings (SSSR count). The summed E-state index contributed by atoms with van der Waals surface area (Å²) in [6.07, 6.45) is -0.152. The van der Waals surface area contributed by atoms with Gasteiger partial charge in [-0.3, -0.25) is 14.4 Å². The quantitative estimate of drug-likeness (QED) is 0.648. The Morgan fingerprint density at radius 3 is 2.46 bits per heavy atom. The van der Waals surface area contributed by atoms with Crippen molar-refractivity contribution in [3.05, 3.63) is 28.2 Å². The molecule has 4 fully saturated rings. The predicted molar refractivity (Wildman–Crippen MR) is 89.0 cm³/mol. The number of fused-ring (bicyclic) bond motifs is 2. The molecule has 1 aromatic rings. The van der Waals surface area contributed by atoms with Gasteiger partial charge in [0.25, 0.3) is 0 Å². The number of amides is 2. The standard InChI is InChI=1S/C16H14BrNO5S/c1-7-4-8(2-3-10(7)17)18-15(20)13-9-6-24(22,23)12(5-11(9)19)14(13)16(18)21/h2-4,9,12-14H,5-6H2,1H3. The van der Waals surface area contributed by atoms with E-state index in [1.807, 2.05) is 6.92 Å². The van der Waals surface area contributed by atoms with Gasteiger partial charge in [-0.25, -0.2) is 13.3 Å². The lowest BCUT2D eigenvalue weighted by molar-refractivity contribution is -0.135. The second kappa shape index (κ2) is 4.98. The number of nitrogens with zero attached hydrogens (tertiary/aromatic N) is 1. The van der Waals surface area contributed by atoms with Gasteiger partial charge < -0.3 is 0 Å². The summed E-state index contributed by atoms with van der Waals surface area (Å²) in [7, 11) is -3.52. The molecule has 3 saturated heterocycles. The highest BCUT2D eigenvalue weighted by Crippen LogP contribution is 2.49. The number of benzene rings is 1. The van der Waals surface area contributed by atoms with Gasteiger partial charge in [-0.1, -0.05) is 15.9 Å². The molecule has 1 saturated carbocycles. The van der Waals surface area contributed by atoms with Gasteiger partial charge in [-0.15, -0.1) is 0 Å². The molecule has 4 atom stereocenters. The zero-order valence-corrected chi connectivity index (χ0v) is 15.1. The van der Waals surface area contributed by atoms with Crippen LogP contribution in [0.15, 0.2) is 22.7 Å². The number of sulfone groups is 1. The third-order valence-corrected chi connectivity index (χ3v) is 8.42. The number of Topliss-reactive ketones (excluding diaryl/α,β-unsaturated/α-hetero) is 1. The molecule has 3 aliphatic heterocycles. The zero-order valence-electron chi connectivity index (χ0n) is 12.7. The molecule has 2 amide bonds. The predicted octanol–water partition coefficient (Wildman–Crippen LogP) is 1.25. The minimum Gasteiger partial charge on any atom is -0.299 e. The fraction of sp³-hybridized carbons (Fsp3) is 0.438. The molecule has 6 nitrogen and oxygen atoms in total. The minimum atomic E-state index is -3.52. The Morgan fingerprint density at radius 2 is 1.79 bits per heavy atom. The largest absolute Gasteiger partial charge is 0.299 e. The van der Waals surface area contributed by atoms with Crippen LogP contribution in [0.2, 0.25) is 0 Å². The molecule has 4 unspecified atom stereocenters. The molecule has 8 heteroatoms. The maximum absolute atomic E-state index is 12.8. The van der Waals surface area contributed by atoms with Crippen molar-refractivity contribution < 1.29 is 22.8 Å².